The quantitative estimate of drug-likeness (QED) is 0.686. The fourth-order valence-corrected chi connectivity index (χ4v) is 2.02. The van der Waals surface area contributed by atoms with E-state index in [1.54, 1.807) is 0 Å². The highest BCUT2D eigenvalue weighted by atomic mass is 16.2. The molecule has 0 heterocycles. The first kappa shape index (κ1) is 17.4. The number of nitrogens with two attached hydrogens (primary N) is 1. The van der Waals surface area contributed by atoms with Gasteiger partial charge in [0.15, 0.2) is 5.78 Å². The van der Waals surface area contributed by atoms with E-state index >= 15 is 0 Å². The summed E-state index contributed by atoms with van der Waals surface area (Å²) in [7, 11) is 0. The molecule has 0 bridgehead atoms. The molecule has 1 aromatic carbocycles. The van der Waals surface area contributed by atoms with Gasteiger partial charge in [-0.25, -0.2) is 0 Å². The number of amides is 1. The summed E-state index contributed by atoms with van der Waals surface area (Å²) in [6, 6.07) is 7.66. The lowest BCUT2D eigenvalue weighted by Crippen LogP contribution is -2.37. The lowest BCUT2D eigenvalue weighted by molar-refractivity contribution is -0.121. The molecule has 4 heteroatoms. The predicted octanol–water partition coefficient (Wildman–Crippen LogP) is 2.46. The van der Waals surface area contributed by atoms with E-state index in [9.17, 15) is 9.59 Å². The molecule has 3 N–H and O–H groups in total. The van der Waals surface area contributed by atoms with Crippen molar-refractivity contribution in [3.05, 3.63) is 35.4 Å². The first-order chi connectivity index (χ1) is 10.1. The van der Waals surface area contributed by atoms with Crippen molar-refractivity contribution < 1.29 is 9.59 Å². The third kappa shape index (κ3) is 6.54. The van der Waals surface area contributed by atoms with E-state index in [1.807, 2.05) is 31.2 Å². The van der Waals surface area contributed by atoms with E-state index < -0.39 is 0 Å². The van der Waals surface area contributed by atoms with Crippen LogP contribution in [0, 0.1) is 0 Å². The van der Waals surface area contributed by atoms with Gasteiger partial charge < -0.3 is 11.1 Å². The first-order valence-corrected chi connectivity index (χ1v) is 7.68. The highest BCUT2D eigenvalue weighted by Crippen LogP contribution is 2.10. The van der Waals surface area contributed by atoms with Crippen LogP contribution in [-0.2, 0) is 11.2 Å². The predicted molar refractivity (Wildman–Crippen MR) is 85.3 cm³/mol. The smallest absolute Gasteiger partial charge is 0.220 e. The van der Waals surface area contributed by atoms with Crippen LogP contribution >= 0.6 is 0 Å². The molecule has 0 saturated heterocycles. The number of carbonyl (C=O) groups excluding carboxylic acids is 2. The minimum atomic E-state index is -0.124. The Morgan fingerprint density at radius 2 is 1.86 bits per heavy atom. The van der Waals surface area contributed by atoms with Crippen LogP contribution in [0.1, 0.15) is 55.5 Å². The maximum Gasteiger partial charge on any atom is 0.220 e. The molecule has 0 unspecified atom stereocenters. The van der Waals surface area contributed by atoms with Gasteiger partial charge in [0.2, 0.25) is 5.91 Å². The van der Waals surface area contributed by atoms with Gasteiger partial charge in [0.05, 0.1) is 0 Å². The highest BCUT2D eigenvalue weighted by Gasteiger charge is 2.10. The van der Waals surface area contributed by atoms with Crippen molar-refractivity contribution in [2.75, 3.05) is 6.54 Å². The van der Waals surface area contributed by atoms with Crippen molar-refractivity contribution in [3.63, 3.8) is 0 Å². The summed E-state index contributed by atoms with van der Waals surface area (Å²) in [5.41, 5.74) is 7.36. The van der Waals surface area contributed by atoms with Gasteiger partial charge in [-0.2, -0.15) is 0 Å². The number of hydrogen-bond donors (Lipinski definition) is 2. The average Bonchev–Trinajstić information content (AvgIpc) is 2.50. The van der Waals surface area contributed by atoms with Crippen molar-refractivity contribution >= 4 is 11.7 Å². The minimum Gasteiger partial charge on any atom is -0.352 e. The summed E-state index contributed by atoms with van der Waals surface area (Å²) >= 11 is 0. The number of aryl methyl sites for hydroxylation is 1. The molecule has 0 saturated carbocycles. The van der Waals surface area contributed by atoms with Gasteiger partial charge in [0.25, 0.3) is 0 Å². The summed E-state index contributed by atoms with van der Waals surface area (Å²) in [4.78, 5) is 23.6. The second kappa shape index (κ2) is 9.29. The number of rotatable bonds is 9. The van der Waals surface area contributed by atoms with Gasteiger partial charge in [0.1, 0.15) is 0 Å². The standard InChI is InChI=1S/C17H26N2O2/c1-3-4-5-14-6-8-15(9-7-14)16(20)10-11-17(21)19-13(2)12-18/h6-9,13H,3-5,10-12,18H2,1-2H3,(H,19,21)/t13-/m0/s1. The molecule has 4 nitrogen and oxygen atoms in total. The molecule has 1 aromatic rings. The summed E-state index contributed by atoms with van der Waals surface area (Å²) in [6.07, 6.45) is 3.81. The molecule has 0 aliphatic carbocycles. The van der Waals surface area contributed by atoms with Crippen LogP contribution in [0.4, 0.5) is 0 Å². The normalized spacial score (nSPS) is 12.0. The molecule has 116 valence electrons. The maximum absolute atomic E-state index is 12.0. The number of Topliss-reactive ketones (excluding diaryl/α,β-unsaturated/α-hetero) is 1. The Bertz CT molecular complexity index is 454. The summed E-state index contributed by atoms with van der Waals surface area (Å²) in [5, 5.41) is 2.75. The SMILES string of the molecule is CCCCc1ccc(C(=O)CCC(=O)N[C@@H](C)CN)cc1. The van der Waals surface area contributed by atoms with Crippen LogP contribution in [0.2, 0.25) is 0 Å². The van der Waals surface area contributed by atoms with E-state index in [4.69, 9.17) is 5.73 Å². The average molecular weight is 290 g/mol. The van der Waals surface area contributed by atoms with E-state index in [-0.39, 0.29) is 30.6 Å². The fourth-order valence-electron chi connectivity index (χ4n) is 2.02. The van der Waals surface area contributed by atoms with Crippen LogP contribution in [0.3, 0.4) is 0 Å². The Morgan fingerprint density at radius 1 is 1.19 bits per heavy atom. The molecular weight excluding hydrogens is 264 g/mol. The van der Waals surface area contributed by atoms with E-state index in [0.717, 1.165) is 19.3 Å². The Labute approximate surface area is 127 Å². The van der Waals surface area contributed by atoms with Crippen LogP contribution < -0.4 is 11.1 Å². The Kier molecular flexibility index (Phi) is 7.69. The Balaban J connectivity index is 2.43. The van der Waals surface area contributed by atoms with Crippen LogP contribution in [0.5, 0.6) is 0 Å². The van der Waals surface area contributed by atoms with Crippen LogP contribution in [0.15, 0.2) is 24.3 Å². The van der Waals surface area contributed by atoms with Gasteiger partial charge >= 0.3 is 0 Å². The zero-order valence-corrected chi connectivity index (χ0v) is 13.0. The van der Waals surface area contributed by atoms with Crippen molar-refractivity contribution in [2.45, 2.75) is 52.0 Å². The number of unbranched alkanes of at least 4 members (excludes halogenated alkanes) is 1. The van der Waals surface area contributed by atoms with Crippen molar-refractivity contribution in [2.24, 2.45) is 5.73 Å². The highest BCUT2D eigenvalue weighted by molar-refractivity contribution is 5.97. The summed E-state index contributed by atoms with van der Waals surface area (Å²) in [6.45, 7) is 4.40. The lowest BCUT2D eigenvalue weighted by Gasteiger charge is -2.10. The third-order valence-corrected chi connectivity index (χ3v) is 3.43. The zero-order chi connectivity index (χ0) is 15.7. The van der Waals surface area contributed by atoms with Gasteiger partial charge in [0, 0.05) is 31.0 Å². The number of ketones is 1. The van der Waals surface area contributed by atoms with Crippen molar-refractivity contribution in [1.82, 2.24) is 5.32 Å². The third-order valence-electron chi connectivity index (χ3n) is 3.43. The van der Waals surface area contributed by atoms with Gasteiger partial charge in [-0.05, 0) is 25.3 Å². The molecule has 0 aliphatic heterocycles. The van der Waals surface area contributed by atoms with Gasteiger partial charge in [-0.1, -0.05) is 37.6 Å². The molecule has 0 aromatic heterocycles. The molecule has 0 radical (unpaired) electrons. The summed E-state index contributed by atoms with van der Waals surface area (Å²) in [5.74, 6) is -0.117. The van der Waals surface area contributed by atoms with E-state index in [2.05, 4.69) is 12.2 Å². The number of carbonyl (C=O) groups is 2. The topological polar surface area (TPSA) is 72.2 Å². The van der Waals surface area contributed by atoms with Crippen LogP contribution in [0.25, 0.3) is 0 Å². The van der Waals surface area contributed by atoms with E-state index in [0.29, 0.717) is 12.1 Å². The first-order valence-electron chi connectivity index (χ1n) is 7.68. The van der Waals surface area contributed by atoms with Crippen molar-refractivity contribution in [1.29, 1.82) is 0 Å². The largest absolute Gasteiger partial charge is 0.352 e. The second-order valence-electron chi connectivity index (χ2n) is 5.43. The Hall–Kier alpha value is -1.68. The maximum atomic E-state index is 12.0. The Morgan fingerprint density at radius 3 is 2.43 bits per heavy atom. The molecular formula is C17H26N2O2. The van der Waals surface area contributed by atoms with E-state index in [1.165, 1.54) is 5.56 Å². The number of benzene rings is 1. The van der Waals surface area contributed by atoms with Crippen molar-refractivity contribution in [3.8, 4) is 0 Å². The minimum absolute atomic E-state index is 0.00703. The monoisotopic (exact) mass is 290 g/mol. The molecule has 21 heavy (non-hydrogen) atoms. The van der Waals surface area contributed by atoms with Gasteiger partial charge in [-0.15, -0.1) is 0 Å². The summed E-state index contributed by atoms with van der Waals surface area (Å²) < 4.78 is 0. The zero-order valence-electron chi connectivity index (χ0n) is 13.0. The molecule has 0 fully saturated rings. The molecule has 0 aliphatic rings. The molecule has 0 spiro atoms. The lowest BCUT2D eigenvalue weighted by atomic mass is 10.0. The molecule has 1 atom stereocenters. The van der Waals surface area contributed by atoms with Gasteiger partial charge in [-0.3, -0.25) is 9.59 Å². The molecule has 1 amide bonds. The molecule has 1 rings (SSSR count). The fraction of sp³-hybridized carbons (Fsp3) is 0.529. The van der Waals surface area contributed by atoms with Crippen LogP contribution in [-0.4, -0.2) is 24.3 Å². The number of hydrogen-bond acceptors (Lipinski definition) is 3. The number of nitrogens with one attached hydrogen (secondary N) is 1. The second-order valence-corrected chi connectivity index (χ2v) is 5.43.